The molecule has 212 valence electrons. The fourth-order valence-corrected chi connectivity index (χ4v) is 6.04. The molecule has 0 aliphatic carbocycles. The van der Waals surface area contributed by atoms with E-state index in [0.717, 1.165) is 62.6 Å². The van der Waals surface area contributed by atoms with Gasteiger partial charge in [-0.15, -0.1) is 0 Å². The molecule has 3 rings (SSSR count). The number of piperazine rings is 1. The van der Waals surface area contributed by atoms with E-state index >= 15 is 0 Å². The molecule has 1 aromatic heterocycles. The van der Waals surface area contributed by atoms with Crippen LogP contribution < -0.4 is 20.9 Å². The van der Waals surface area contributed by atoms with Gasteiger partial charge in [0.15, 0.2) is 0 Å². The highest BCUT2D eigenvalue weighted by Gasteiger charge is 2.26. The first-order valence-corrected chi connectivity index (χ1v) is 15.3. The van der Waals surface area contributed by atoms with E-state index in [9.17, 15) is 13.8 Å². The Labute approximate surface area is 230 Å². The van der Waals surface area contributed by atoms with Crippen LogP contribution >= 0.6 is 0 Å². The summed E-state index contributed by atoms with van der Waals surface area (Å²) in [6.07, 6.45) is 2.87. The van der Waals surface area contributed by atoms with E-state index in [0.29, 0.717) is 11.6 Å². The second kappa shape index (κ2) is 13.1. The van der Waals surface area contributed by atoms with Crippen molar-refractivity contribution in [2.24, 2.45) is 0 Å². The zero-order valence-corrected chi connectivity index (χ0v) is 25.1. The molecule has 0 saturated carbocycles. The topological polar surface area (TPSA) is 76.8 Å². The monoisotopic (exact) mass is 546 g/mol. The first-order chi connectivity index (χ1) is 17.9. The van der Waals surface area contributed by atoms with E-state index in [1.54, 1.807) is 10.6 Å². The van der Waals surface area contributed by atoms with E-state index in [-0.39, 0.29) is 28.9 Å². The smallest absolute Gasteiger partial charge is 0.333 e. The SMILES string of the molecule is CCCCS(=O)c1ccc(OC(C)(C)CCN2CCN(c3cc(=O)n(C(C)C)c(=O)n3C(C)C)CC2)cc1. The number of rotatable bonds is 12. The molecule has 0 spiro atoms. The van der Waals surface area contributed by atoms with Gasteiger partial charge in [-0.1, -0.05) is 13.3 Å². The van der Waals surface area contributed by atoms with Crippen molar-refractivity contribution in [1.82, 2.24) is 14.0 Å². The molecule has 1 aliphatic heterocycles. The van der Waals surface area contributed by atoms with Gasteiger partial charge in [0, 0.05) is 61.5 Å². The fourth-order valence-electron chi connectivity index (χ4n) is 4.81. The van der Waals surface area contributed by atoms with Crippen LogP contribution in [0.3, 0.4) is 0 Å². The summed E-state index contributed by atoms with van der Waals surface area (Å²) in [6, 6.07) is 9.06. The van der Waals surface area contributed by atoms with Gasteiger partial charge in [-0.25, -0.2) is 4.79 Å². The molecule has 1 unspecified atom stereocenters. The number of hydrogen-bond acceptors (Lipinski definition) is 6. The van der Waals surface area contributed by atoms with Crippen LogP contribution in [0, 0.1) is 0 Å². The van der Waals surface area contributed by atoms with E-state index in [2.05, 4.69) is 30.6 Å². The van der Waals surface area contributed by atoms with Crippen LogP contribution in [-0.4, -0.2) is 62.3 Å². The van der Waals surface area contributed by atoms with E-state index < -0.39 is 10.8 Å². The average molecular weight is 547 g/mol. The maximum atomic E-state index is 13.1. The van der Waals surface area contributed by atoms with Crippen LogP contribution in [0.2, 0.25) is 0 Å². The van der Waals surface area contributed by atoms with Crippen molar-refractivity contribution in [3.8, 4) is 5.75 Å². The van der Waals surface area contributed by atoms with Gasteiger partial charge in [-0.05, 0) is 78.6 Å². The lowest BCUT2D eigenvalue weighted by Gasteiger charge is -2.38. The second-order valence-corrected chi connectivity index (χ2v) is 12.9. The quantitative estimate of drug-likeness (QED) is 0.392. The first-order valence-electron chi connectivity index (χ1n) is 14.0. The van der Waals surface area contributed by atoms with Crippen molar-refractivity contribution >= 4 is 16.6 Å². The fraction of sp³-hybridized carbons (Fsp3) is 0.655. The molecule has 9 heteroatoms. The Morgan fingerprint density at radius 1 is 0.947 bits per heavy atom. The van der Waals surface area contributed by atoms with Gasteiger partial charge in [0.25, 0.3) is 5.56 Å². The molecule has 2 aromatic rings. The normalized spacial score (nSPS) is 15.9. The lowest BCUT2D eigenvalue weighted by Crippen LogP contribution is -2.51. The Hall–Kier alpha value is -2.39. The Kier molecular flexibility index (Phi) is 10.4. The van der Waals surface area contributed by atoms with Crippen molar-refractivity contribution in [2.45, 2.75) is 90.3 Å². The maximum absolute atomic E-state index is 13.1. The largest absolute Gasteiger partial charge is 0.488 e. The molecule has 0 radical (unpaired) electrons. The molecule has 0 bridgehead atoms. The predicted molar refractivity (Wildman–Crippen MR) is 156 cm³/mol. The van der Waals surface area contributed by atoms with Crippen molar-refractivity contribution in [3.63, 3.8) is 0 Å². The lowest BCUT2D eigenvalue weighted by molar-refractivity contribution is 0.0820. The number of benzene rings is 1. The summed E-state index contributed by atoms with van der Waals surface area (Å²) in [5, 5.41) is 0. The molecule has 0 amide bonds. The van der Waals surface area contributed by atoms with Crippen molar-refractivity contribution < 1.29 is 8.95 Å². The molecule has 1 saturated heterocycles. The van der Waals surface area contributed by atoms with Gasteiger partial charge in [0.2, 0.25) is 0 Å². The number of aromatic nitrogens is 2. The van der Waals surface area contributed by atoms with Crippen LogP contribution in [0.4, 0.5) is 5.82 Å². The Balaban J connectivity index is 1.57. The highest BCUT2D eigenvalue weighted by molar-refractivity contribution is 7.85. The third-order valence-corrected chi connectivity index (χ3v) is 8.53. The van der Waals surface area contributed by atoms with Crippen molar-refractivity contribution in [3.05, 3.63) is 51.2 Å². The summed E-state index contributed by atoms with van der Waals surface area (Å²) in [4.78, 5) is 31.3. The summed E-state index contributed by atoms with van der Waals surface area (Å²) in [5.41, 5.74) is -0.822. The summed E-state index contributed by atoms with van der Waals surface area (Å²) >= 11 is 0. The van der Waals surface area contributed by atoms with Gasteiger partial charge in [-0.3, -0.25) is 23.0 Å². The van der Waals surface area contributed by atoms with E-state index in [1.165, 1.54) is 4.57 Å². The van der Waals surface area contributed by atoms with Gasteiger partial charge in [0.05, 0.1) is 10.8 Å². The van der Waals surface area contributed by atoms with Crippen LogP contribution in [0.15, 0.2) is 44.8 Å². The van der Waals surface area contributed by atoms with Gasteiger partial charge in [-0.2, -0.15) is 0 Å². The summed E-state index contributed by atoms with van der Waals surface area (Å²) < 4.78 is 21.7. The molecule has 1 aromatic carbocycles. The molecule has 8 nitrogen and oxygen atoms in total. The standard InChI is InChI=1S/C29H46N4O4S/c1-8-9-20-38(36)25-12-10-24(11-13-25)37-29(6,7)14-15-30-16-18-31(19-17-30)26-21-27(34)33(23(4)5)28(35)32(26)22(2)3/h10-13,21-23H,8-9,14-20H2,1-7H3. The Morgan fingerprint density at radius 3 is 2.11 bits per heavy atom. The molecule has 1 aliphatic rings. The average Bonchev–Trinajstić information content (AvgIpc) is 2.85. The minimum Gasteiger partial charge on any atom is -0.488 e. The third-order valence-electron chi connectivity index (χ3n) is 7.07. The van der Waals surface area contributed by atoms with Crippen LogP contribution in [-0.2, 0) is 10.8 Å². The number of unbranched alkanes of at least 4 members (excludes halogenated alkanes) is 1. The number of anilines is 1. The highest BCUT2D eigenvalue weighted by Crippen LogP contribution is 2.24. The predicted octanol–water partition coefficient (Wildman–Crippen LogP) is 4.45. The van der Waals surface area contributed by atoms with E-state index in [1.807, 2.05) is 52.0 Å². The molecule has 1 fully saturated rings. The van der Waals surface area contributed by atoms with Gasteiger partial charge in [0.1, 0.15) is 17.2 Å². The number of ether oxygens (including phenoxy) is 1. The molecule has 1 atom stereocenters. The summed E-state index contributed by atoms with van der Waals surface area (Å²) in [6.45, 7) is 18.1. The van der Waals surface area contributed by atoms with Crippen LogP contribution in [0.1, 0.15) is 79.8 Å². The van der Waals surface area contributed by atoms with Gasteiger partial charge < -0.3 is 9.64 Å². The van der Waals surface area contributed by atoms with Crippen LogP contribution in [0.25, 0.3) is 0 Å². The van der Waals surface area contributed by atoms with Crippen molar-refractivity contribution in [2.75, 3.05) is 43.4 Å². The third kappa shape index (κ3) is 7.59. The lowest BCUT2D eigenvalue weighted by atomic mass is 10.0. The molecule has 2 heterocycles. The van der Waals surface area contributed by atoms with E-state index in [4.69, 9.17) is 4.74 Å². The summed E-state index contributed by atoms with van der Waals surface area (Å²) in [5.74, 6) is 2.21. The number of hydrogen-bond donors (Lipinski definition) is 0. The Bertz CT molecular complexity index is 1190. The zero-order valence-electron chi connectivity index (χ0n) is 24.2. The highest BCUT2D eigenvalue weighted by atomic mass is 32.2. The maximum Gasteiger partial charge on any atom is 0.333 e. The Morgan fingerprint density at radius 2 is 1.55 bits per heavy atom. The zero-order chi connectivity index (χ0) is 28.0. The molecule has 0 N–H and O–H groups in total. The second-order valence-electron chi connectivity index (χ2n) is 11.4. The van der Waals surface area contributed by atoms with Crippen molar-refractivity contribution in [1.29, 1.82) is 0 Å². The molecule has 38 heavy (non-hydrogen) atoms. The van der Waals surface area contributed by atoms with Gasteiger partial charge >= 0.3 is 5.69 Å². The molecular formula is C29H46N4O4S. The summed E-state index contributed by atoms with van der Waals surface area (Å²) in [7, 11) is -0.952. The number of nitrogens with zero attached hydrogens (tertiary/aromatic N) is 4. The minimum absolute atomic E-state index is 0.0375. The van der Waals surface area contributed by atoms with Crippen LogP contribution in [0.5, 0.6) is 5.75 Å². The molecular weight excluding hydrogens is 500 g/mol. The first kappa shape index (κ1) is 30.2. The minimum atomic E-state index is -0.952.